The van der Waals surface area contributed by atoms with Crippen molar-refractivity contribution in [2.75, 3.05) is 26.0 Å². The van der Waals surface area contributed by atoms with E-state index >= 15 is 0 Å². The van der Waals surface area contributed by atoms with Gasteiger partial charge in [0.2, 0.25) is 0 Å². The van der Waals surface area contributed by atoms with Crippen molar-refractivity contribution < 1.29 is 18.7 Å². The number of nitrogen functional groups attached to an aromatic ring is 1. The zero-order valence-corrected chi connectivity index (χ0v) is 28.0. The highest BCUT2D eigenvalue weighted by atomic mass is 28.4. The number of methoxy groups -OCH3 is 1. The molecule has 0 unspecified atom stereocenters. The van der Waals surface area contributed by atoms with Crippen LogP contribution >= 0.6 is 0 Å². The Hall–Kier alpha value is -4.09. The van der Waals surface area contributed by atoms with Crippen LogP contribution in [0, 0.1) is 0 Å². The Morgan fingerprint density at radius 2 is 1.75 bits per heavy atom. The highest BCUT2D eigenvalue weighted by molar-refractivity contribution is 6.74. The van der Waals surface area contributed by atoms with E-state index in [-0.39, 0.29) is 28.8 Å². The number of nitrogens with two attached hydrogens (primary N) is 1. The van der Waals surface area contributed by atoms with Crippen molar-refractivity contribution >= 4 is 25.5 Å². The summed E-state index contributed by atoms with van der Waals surface area (Å²) in [6.07, 6.45) is 3.91. The van der Waals surface area contributed by atoms with Crippen LogP contribution in [-0.2, 0) is 25.1 Å². The van der Waals surface area contributed by atoms with Gasteiger partial charge in [0.1, 0.15) is 6.61 Å². The maximum absolute atomic E-state index is 14.1. The number of anilines is 1. The van der Waals surface area contributed by atoms with Gasteiger partial charge in [-0.1, -0.05) is 57.2 Å². The molecule has 1 amide bonds. The Morgan fingerprint density at radius 1 is 1.07 bits per heavy atom. The lowest BCUT2D eigenvalue weighted by atomic mass is 9.96. The lowest BCUT2D eigenvalue weighted by Gasteiger charge is -2.40. The molecule has 0 saturated heterocycles. The van der Waals surface area contributed by atoms with Gasteiger partial charge in [-0.15, -0.1) is 0 Å². The molecule has 4 rings (SSSR count). The second kappa shape index (κ2) is 12.9. The number of aryl methyl sites for hydroxylation is 1. The number of benzene rings is 2. The first kappa shape index (κ1) is 32.8. The molecule has 3 aromatic rings. The van der Waals surface area contributed by atoms with Crippen LogP contribution in [0.1, 0.15) is 48.7 Å². The van der Waals surface area contributed by atoms with Crippen molar-refractivity contribution in [3.63, 3.8) is 0 Å². The van der Waals surface area contributed by atoms with E-state index in [0.717, 1.165) is 15.7 Å². The molecule has 0 bridgehead atoms. The first-order valence-corrected chi connectivity index (χ1v) is 17.6. The molecule has 1 aliphatic rings. The molecule has 1 aliphatic heterocycles. The predicted octanol–water partition coefficient (Wildman–Crippen LogP) is 4.57. The van der Waals surface area contributed by atoms with Crippen molar-refractivity contribution in [3.8, 4) is 11.5 Å². The summed E-state index contributed by atoms with van der Waals surface area (Å²) in [5.41, 5.74) is 8.43. The van der Waals surface area contributed by atoms with Crippen molar-refractivity contribution in [2.45, 2.75) is 58.0 Å². The van der Waals surface area contributed by atoms with Gasteiger partial charge >= 0.3 is 5.69 Å². The van der Waals surface area contributed by atoms with Crippen LogP contribution in [0.25, 0.3) is 5.57 Å². The van der Waals surface area contributed by atoms with Crippen molar-refractivity contribution in [2.24, 2.45) is 14.1 Å². The molecule has 0 fully saturated rings. The SMILES string of the molecule is COc1cc(C(=O)N2CCC(c3cn(C)c(=O)n(C)c3=O)=C[C@H]2CO[Si](C)(C)C(C)(C)C)c(N)cc1OCc1ccccc1. The summed E-state index contributed by atoms with van der Waals surface area (Å²) in [5, 5.41) is -0.0376. The van der Waals surface area contributed by atoms with Crippen molar-refractivity contribution in [3.05, 3.63) is 92.3 Å². The van der Waals surface area contributed by atoms with Crippen LogP contribution in [0.4, 0.5) is 5.69 Å². The minimum Gasteiger partial charge on any atom is -0.493 e. The molecule has 2 heterocycles. The maximum Gasteiger partial charge on any atom is 0.330 e. The van der Waals surface area contributed by atoms with E-state index in [1.54, 1.807) is 30.3 Å². The van der Waals surface area contributed by atoms with E-state index in [2.05, 4.69) is 33.9 Å². The summed E-state index contributed by atoms with van der Waals surface area (Å²) in [7, 11) is 2.43. The molecule has 0 spiro atoms. The molecule has 2 aromatic carbocycles. The Balaban J connectivity index is 1.69. The molecule has 10 nitrogen and oxygen atoms in total. The Kier molecular flexibility index (Phi) is 9.60. The van der Waals surface area contributed by atoms with E-state index in [1.807, 2.05) is 36.4 Å². The number of nitrogens with zero attached hydrogens (tertiary/aromatic N) is 3. The number of aromatic nitrogens is 2. The van der Waals surface area contributed by atoms with E-state index in [1.165, 1.54) is 18.7 Å². The van der Waals surface area contributed by atoms with Gasteiger partial charge in [0.15, 0.2) is 19.8 Å². The predicted molar refractivity (Wildman–Crippen MR) is 176 cm³/mol. The van der Waals surface area contributed by atoms with Crippen molar-refractivity contribution in [1.82, 2.24) is 14.0 Å². The summed E-state index contributed by atoms with van der Waals surface area (Å²) < 4.78 is 20.7. The minimum atomic E-state index is -2.18. The minimum absolute atomic E-state index is 0.0376. The van der Waals surface area contributed by atoms with Crippen LogP contribution in [0.3, 0.4) is 0 Å². The van der Waals surface area contributed by atoms with E-state index in [4.69, 9.17) is 19.6 Å². The first-order chi connectivity index (χ1) is 20.6. The molecule has 1 aromatic heterocycles. The fraction of sp³-hybridized carbons (Fsp3) is 0.424. The number of ether oxygens (including phenoxy) is 2. The van der Waals surface area contributed by atoms with E-state index < -0.39 is 20.0 Å². The Bertz CT molecular complexity index is 1670. The number of rotatable bonds is 9. The highest BCUT2D eigenvalue weighted by Crippen LogP contribution is 2.38. The van der Waals surface area contributed by atoms with Gasteiger partial charge in [0, 0.05) is 38.6 Å². The lowest BCUT2D eigenvalue weighted by Crippen LogP contribution is -2.49. The lowest BCUT2D eigenvalue weighted by molar-refractivity contribution is 0.0654. The standard InChI is InChI=1S/C33H44N4O6Si/c1-33(2,3)44(7,8)43-21-24-16-23(26-19-35(4)32(40)36(5)30(26)38)14-15-37(24)31(39)25-17-28(41-6)29(18-27(25)34)42-20-22-12-10-9-11-13-22/h9-13,16-19,24H,14-15,20-21,34H2,1-8H3/t24-/m0/s1. The monoisotopic (exact) mass is 620 g/mol. The molecule has 236 valence electrons. The van der Waals surface area contributed by atoms with Gasteiger partial charge < -0.3 is 29.1 Å². The largest absolute Gasteiger partial charge is 0.493 e. The molecule has 0 saturated carbocycles. The van der Waals surface area contributed by atoms with Crippen LogP contribution in [0.15, 0.2) is 64.3 Å². The third-order valence-corrected chi connectivity index (χ3v) is 13.2. The van der Waals surface area contributed by atoms with Crippen molar-refractivity contribution in [1.29, 1.82) is 0 Å². The molecule has 44 heavy (non-hydrogen) atoms. The summed E-state index contributed by atoms with van der Waals surface area (Å²) in [6.45, 7) is 11.7. The van der Waals surface area contributed by atoms with Gasteiger partial charge in [-0.3, -0.25) is 14.2 Å². The van der Waals surface area contributed by atoms with E-state index in [0.29, 0.717) is 42.2 Å². The summed E-state index contributed by atoms with van der Waals surface area (Å²) in [6, 6.07) is 12.5. The van der Waals surface area contributed by atoms with Gasteiger partial charge in [-0.2, -0.15) is 0 Å². The number of carbonyl (C=O) groups excluding carboxylic acids is 1. The van der Waals surface area contributed by atoms with Gasteiger partial charge in [0.05, 0.1) is 30.9 Å². The molecule has 1 atom stereocenters. The first-order valence-electron chi connectivity index (χ1n) is 14.7. The van der Waals surface area contributed by atoms with Gasteiger partial charge in [0.25, 0.3) is 11.5 Å². The zero-order valence-electron chi connectivity index (χ0n) is 27.0. The topological polar surface area (TPSA) is 118 Å². The van der Waals surface area contributed by atoms with Gasteiger partial charge in [-0.25, -0.2) is 4.79 Å². The molecular formula is C33H44N4O6Si. The summed E-state index contributed by atoms with van der Waals surface area (Å²) >= 11 is 0. The summed E-state index contributed by atoms with van der Waals surface area (Å²) in [4.78, 5) is 41.3. The Morgan fingerprint density at radius 3 is 2.39 bits per heavy atom. The number of amides is 1. The zero-order chi connectivity index (χ0) is 32.4. The third kappa shape index (κ3) is 6.84. The number of hydrogen-bond donors (Lipinski definition) is 1. The van der Waals surface area contributed by atoms with Gasteiger partial charge in [-0.05, 0) is 41.8 Å². The highest BCUT2D eigenvalue weighted by Gasteiger charge is 2.39. The fourth-order valence-corrected chi connectivity index (χ4v) is 5.91. The second-order valence-corrected chi connectivity index (χ2v) is 17.6. The Labute approximate surface area is 259 Å². The number of hydrogen-bond acceptors (Lipinski definition) is 7. The number of carbonyl (C=O) groups is 1. The maximum atomic E-state index is 14.1. The molecule has 0 aliphatic carbocycles. The second-order valence-electron chi connectivity index (χ2n) is 12.7. The smallest absolute Gasteiger partial charge is 0.330 e. The van der Waals surface area contributed by atoms with Crippen LogP contribution in [-0.4, -0.2) is 54.6 Å². The molecule has 11 heteroatoms. The summed E-state index contributed by atoms with van der Waals surface area (Å²) in [5.74, 6) is 0.562. The third-order valence-electron chi connectivity index (χ3n) is 8.69. The van der Waals surface area contributed by atoms with Crippen LogP contribution in [0.5, 0.6) is 11.5 Å². The molecule has 0 radical (unpaired) electrons. The van der Waals surface area contributed by atoms with E-state index in [9.17, 15) is 14.4 Å². The fourth-order valence-electron chi connectivity index (χ4n) is 4.89. The van der Waals surface area contributed by atoms with Crippen LogP contribution < -0.4 is 26.5 Å². The normalized spacial score (nSPS) is 15.6. The quantitative estimate of drug-likeness (QED) is 0.275. The average Bonchev–Trinajstić information content (AvgIpc) is 2.99. The van der Waals surface area contributed by atoms with Crippen LogP contribution in [0.2, 0.25) is 18.1 Å². The molecule has 2 N–H and O–H groups in total. The molecular weight excluding hydrogens is 576 g/mol. The average molecular weight is 621 g/mol.